The summed E-state index contributed by atoms with van der Waals surface area (Å²) in [6, 6.07) is 0. The first-order valence-electron chi connectivity index (χ1n) is 8.42. The summed E-state index contributed by atoms with van der Waals surface area (Å²) >= 11 is 0. The van der Waals surface area contributed by atoms with Gasteiger partial charge < -0.3 is 18.9 Å². The smallest absolute Gasteiger partial charge is 0.310 e. The molecule has 142 valence electrons. The van der Waals surface area contributed by atoms with Gasteiger partial charge in [-0.2, -0.15) is 0 Å². The number of ether oxygens (including phenoxy) is 4. The minimum Gasteiger partial charge on any atom is -0.469 e. The number of carbonyl (C=O) groups excluding carboxylic acids is 4. The number of methoxy groups -OCH3 is 4. The predicted molar refractivity (Wildman–Crippen MR) is 85.1 cm³/mol. The summed E-state index contributed by atoms with van der Waals surface area (Å²) in [5, 5.41) is 0. The van der Waals surface area contributed by atoms with E-state index in [1.54, 1.807) is 0 Å². The van der Waals surface area contributed by atoms with E-state index in [-0.39, 0.29) is 11.8 Å². The van der Waals surface area contributed by atoms with Crippen LogP contribution in [0.1, 0.15) is 0 Å². The van der Waals surface area contributed by atoms with Crippen molar-refractivity contribution < 1.29 is 38.1 Å². The normalized spacial score (nSPS) is 39.2. The standard InChI is InChI=1S/C18H22O8/c1-23-15(19)11-7-5-6-8(12(11)16(20)24-2)10-9(7)13(17(21)25-3)14(10)18(22)26-4/h5-14H,1-4H3/t7-,8+,9+,10-,11+,12-,13-,14-/m0/s1. The molecular formula is C18H22O8. The number of allylic oxidation sites excluding steroid dienone is 2. The molecule has 2 fully saturated rings. The number of fused-ring (bicyclic) bond motifs is 1. The van der Waals surface area contributed by atoms with Gasteiger partial charge in [0.25, 0.3) is 0 Å². The minimum atomic E-state index is -0.755. The van der Waals surface area contributed by atoms with Crippen molar-refractivity contribution in [2.45, 2.75) is 0 Å². The second-order valence-corrected chi connectivity index (χ2v) is 6.89. The number of hydrogen-bond acceptors (Lipinski definition) is 8. The highest BCUT2D eigenvalue weighted by molar-refractivity contribution is 5.88. The topological polar surface area (TPSA) is 105 Å². The summed E-state index contributed by atoms with van der Waals surface area (Å²) < 4.78 is 19.6. The molecule has 8 nitrogen and oxygen atoms in total. The molecule has 0 saturated heterocycles. The molecule has 2 bridgehead atoms. The zero-order valence-electron chi connectivity index (χ0n) is 15.0. The van der Waals surface area contributed by atoms with E-state index in [9.17, 15) is 19.2 Å². The van der Waals surface area contributed by atoms with E-state index in [1.165, 1.54) is 28.4 Å². The van der Waals surface area contributed by atoms with Gasteiger partial charge in [0.1, 0.15) is 0 Å². The second kappa shape index (κ2) is 6.74. The lowest BCUT2D eigenvalue weighted by atomic mass is 9.39. The van der Waals surface area contributed by atoms with Crippen molar-refractivity contribution in [2.75, 3.05) is 28.4 Å². The Balaban J connectivity index is 2.05. The van der Waals surface area contributed by atoms with Gasteiger partial charge in [0, 0.05) is 0 Å². The molecule has 0 aromatic rings. The molecule has 0 aromatic carbocycles. The SMILES string of the molecule is COC(=O)[C@@H]1[C@H]2C=C[C@@H]([C@@H]1C(=O)OC)[C@@H]1[C@H](C(=O)OC)[C@@H](C(=O)OC)[C@H]21. The Bertz CT molecular complexity index is 612. The van der Waals surface area contributed by atoms with E-state index in [4.69, 9.17) is 18.9 Å². The molecule has 4 rings (SSSR count). The lowest BCUT2D eigenvalue weighted by molar-refractivity contribution is -0.209. The van der Waals surface area contributed by atoms with Crippen molar-refractivity contribution in [1.29, 1.82) is 0 Å². The third-order valence-corrected chi connectivity index (χ3v) is 6.21. The molecule has 8 atom stereocenters. The molecule has 4 aliphatic carbocycles. The molecule has 8 heteroatoms. The Morgan fingerprint density at radius 1 is 0.538 bits per heavy atom. The largest absolute Gasteiger partial charge is 0.469 e. The highest BCUT2D eigenvalue weighted by atomic mass is 16.5. The Kier molecular flexibility index (Phi) is 4.77. The van der Waals surface area contributed by atoms with E-state index in [0.717, 1.165) is 0 Å². The fraction of sp³-hybridized carbons (Fsp3) is 0.667. The average molecular weight is 366 g/mol. The zero-order chi connectivity index (χ0) is 19.2. The maximum Gasteiger partial charge on any atom is 0.310 e. The monoisotopic (exact) mass is 366 g/mol. The van der Waals surface area contributed by atoms with Crippen molar-refractivity contribution in [3.63, 3.8) is 0 Å². The van der Waals surface area contributed by atoms with Crippen LogP contribution in [0.5, 0.6) is 0 Å². The van der Waals surface area contributed by atoms with Crippen LogP contribution in [0.25, 0.3) is 0 Å². The van der Waals surface area contributed by atoms with Gasteiger partial charge in [0.2, 0.25) is 0 Å². The van der Waals surface area contributed by atoms with Crippen LogP contribution < -0.4 is 0 Å². The molecule has 2 saturated carbocycles. The van der Waals surface area contributed by atoms with Crippen LogP contribution >= 0.6 is 0 Å². The quantitative estimate of drug-likeness (QED) is 0.395. The van der Waals surface area contributed by atoms with Crippen LogP contribution in [-0.2, 0) is 38.1 Å². The number of rotatable bonds is 4. The maximum absolute atomic E-state index is 12.4. The average Bonchev–Trinajstić information content (AvgIpc) is 2.65. The lowest BCUT2D eigenvalue weighted by Crippen LogP contribution is -2.67. The highest BCUT2D eigenvalue weighted by Crippen LogP contribution is 2.65. The van der Waals surface area contributed by atoms with Gasteiger partial charge >= 0.3 is 23.9 Å². The van der Waals surface area contributed by atoms with Gasteiger partial charge in [-0.15, -0.1) is 0 Å². The van der Waals surface area contributed by atoms with Gasteiger partial charge in [-0.05, 0) is 23.7 Å². The van der Waals surface area contributed by atoms with Crippen LogP contribution in [-0.4, -0.2) is 52.3 Å². The first-order valence-corrected chi connectivity index (χ1v) is 8.42. The Labute approximate surface area is 150 Å². The lowest BCUT2D eigenvalue weighted by Gasteiger charge is -2.62. The molecule has 0 N–H and O–H groups in total. The molecule has 26 heavy (non-hydrogen) atoms. The molecule has 4 aliphatic rings. The Morgan fingerprint density at radius 3 is 1.08 bits per heavy atom. The van der Waals surface area contributed by atoms with Crippen molar-refractivity contribution >= 4 is 23.9 Å². The van der Waals surface area contributed by atoms with Crippen LogP contribution in [0.3, 0.4) is 0 Å². The highest BCUT2D eigenvalue weighted by Gasteiger charge is 2.70. The summed E-state index contributed by atoms with van der Waals surface area (Å²) in [6.07, 6.45) is 3.69. The van der Waals surface area contributed by atoms with Gasteiger partial charge in [-0.3, -0.25) is 19.2 Å². The van der Waals surface area contributed by atoms with Gasteiger partial charge in [-0.25, -0.2) is 0 Å². The van der Waals surface area contributed by atoms with Crippen LogP contribution in [0.15, 0.2) is 12.2 Å². The van der Waals surface area contributed by atoms with Crippen molar-refractivity contribution in [2.24, 2.45) is 47.3 Å². The molecule has 0 heterocycles. The molecule has 0 amide bonds. The van der Waals surface area contributed by atoms with Gasteiger partial charge in [0.05, 0.1) is 52.1 Å². The number of esters is 4. The second-order valence-electron chi connectivity index (χ2n) is 6.89. The van der Waals surface area contributed by atoms with Crippen molar-refractivity contribution in [1.82, 2.24) is 0 Å². The van der Waals surface area contributed by atoms with E-state index >= 15 is 0 Å². The molecule has 0 unspecified atom stereocenters. The van der Waals surface area contributed by atoms with E-state index < -0.39 is 59.4 Å². The first-order chi connectivity index (χ1) is 12.4. The third-order valence-electron chi connectivity index (χ3n) is 6.21. The summed E-state index contributed by atoms with van der Waals surface area (Å²) in [7, 11) is 5.04. The summed E-state index contributed by atoms with van der Waals surface area (Å²) in [5.74, 6) is -6.39. The van der Waals surface area contributed by atoms with Crippen LogP contribution in [0, 0.1) is 47.3 Å². The Hall–Kier alpha value is -2.38. The summed E-state index contributed by atoms with van der Waals surface area (Å²) in [6.45, 7) is 0. The van der Waals surface area contributed by atoms with Gasteiger partial charge in [-0.1, -0.05) is 12.2 Å². The van der Waals surface area contributed by atoms with Crippen LogP contribution in [0.4, 0.5) is 0 Å². The van der Waals surface area contributed by atoms with E-state index in [1.807, 2.05) is 12.2 Å². The molecule has 0 spiro atoms. The molecule has 0 aromatic heterocycles. The van der Waals surface area contributed by atoms with Crippen molar-refractivity contribution in [3.8, 4) is 0 Å². The first kappa shape index (κ1) is 18.4. The van der Waals surface area contributed by atoms with Crippen LogP contribution in [0.2, 0.25) is 0 Å². The third kappa shape index (κ3) is 2.34. The van der Waals surface area contributed by atoms with E-state index in [0.29, 0.717) is 0 Å². The Morgan fingerprint density at radius 2 is 0.808 bits per heavy atom. The fourth-order valence-corrected chi connectivity index (χ4v) is 5.27. The van der Waals surface area contributed by atoms with Crippen molar-refractivity contribution in [3.05, 3.63) is 12.2 Å². The zero-order valence-corrected chi connectivity index (χ0v) is 15.0. The molecule has 0 aliphatic heterocycles. The molecular weight excluding hydrogens is 344 g/mol. The predicted octanol–water partition coefficient (Wildman–Crippen LogP) is 0.205. The summed E-state index contributed by atoms with van der Waals surface area (Å²) in [4.78, 5) is 49.4. The molecule has 0 radical (unpaired) electrons. The number of hydrogen-bond donors (Lipinski definition) is 0. The maximum atomic E-state index is 12.4. The number of carbonyl (C=O) groups is 4. The minimum absolute atomic E-state index is 0.286. The van der Waals surface area contributed by atoms with E-state index in [2.05, 4.69) is 0 Å². The fourth-order valence-electron chi connectivity index (χ4n) is 5.27. The summed E-state index contributed by atoms with van der Waals surface area (Å²) in [5.41, 5.74) is 0. The van der Waals surface area contributed by atoms with Gasteiger partial charge in [0.15, 0.2) is 0 Å².